The Morgan fingerprint density at radius 1 is 1.00 bits per heavy atom. The Balaban J connectivity index is 1.49. The second-order valence-electron chi connectivity index (χ2n) is 6.49. The molecule has 0 fully saturated rings. The van der Waals surface area contributed by atoms with Gasteiger partial charge in [0.25, 0.3) is 15.9 Å². The molecule has 0 aliphatic carbocycles. The van der Waals surface area contributed by atoms with Gasteiger partial charge in [0.15, 0.2) is 5.13 Å². The monoisotopic (exact) mass is 457 g/mol. The van der Waals surface area contributed by atoms with Crippen molar-refractivity contribution in [1.29, 1.82) is 0 Å². The molecule has 0 spiro atoms. The average molecular weight is 458 g/mol. The first-order chi connectivity index (χ1) is 14.3. The third-order valence-electron chi connectivity index (χ3n) is 4.42. The van der Waals surface area contributed by atoms with Gasteiger partial charge in [0.05, 0.1) is 15.1 Å². The van der Waals surface area contributed by atoms with Gasteiger partial charge in [-0.2, -0.15) is 0 Å². The Labute approximate surface area is 182 Å². The van der Waals surface area contributed by atoms with Gasteiger partial charge in [0, 0.05) is 16.3 Å². The smallest absolute Gasteiger partial charge is 0.261 e. The van der Waals surface area contributed by atoms with Crippen LogP contribution in [0.4, 0.5) is 10.8 Å². The summed E-state index contributed by atoms with van der Waals surface area (Å²) < 4.78 is 28.2. The quantitative estimate of drug-likeness (QED) is 0.425. The van der Waals surface area contributed by atoms with E-state index in [1.54, 1.807) is 36.4 Å². The Bertz CT molecular complexity index is 1340. The number of carbonyl (C=O) groups excluding carboxylic acids is 1. The number of aromatic nitrogens is 1. The van der Waals surface area contributed by atoms with Crippen molar-refractivity contribution < 1.29 is 13.2 Å². The number of hydrogen-bond donors (Lipinski definition) is 2. The molecule has 2 N–H and O–H groups in total. The van der Waals surface area contributed by atoms with Crippen LogP contribution in [0.2, 0.25) is 5.02 Å². The lowest BCUT2D eigenvalue weighted by molar-refractivity contribution is 0.102. The van der Waals surface area contributed by atoms with Crippen LogP contribution in [0.15, 0.2) is 71.6 Å². The Morgan fingerprint density at radius 2 is 1.70 bits per heavy atom. The van der Waals surface area contributed by atoms with Gasteiger partial charge in [-0.05, 0) is 61.0 Å². The summed E-state index contributed by atoms with van der Waals surface area (Å²) in [5, 5.41) is 3.87. The zero-order valence-electron chi connectivity index (χ0n) is 15.7. The maximum absolute atomic E-state index is 12.6. The molecular formula is C21H16ClN3O3S2. The highest BCUT2D eigenvalue weighted by molar-refractivity contribution is 7.92. The summed E-state index contributed by atoms with van der Waals surface area (Å²) in [4.78, 5) is 17.2. The van der Waals surface area contributed by atoms with Crippen molar-refractivity contribution >= 4 is 59.9 Å². The Morgan fingerprint density at radius 3 is 2.40 bits per heavy atom. The van der Waals surface area contributed by atoms with Crippen LogP contribution in [0.5, 0.6) is 0 Å². The van der Waals surface area contributed by atoms with Gasteiger partial charge < -0.3 is 0 Å². The van der Waals surface area contributed by atoms with Gasteiger partial charge in [-0.1, -0.05) is 41.1 Å². The number of fused-ring (bicyclic) bond motifs is 1. The van der Waals surface area contributed by atoms with Crippen molar-refractivity contribution in [3.63, 3.8) is 0 Å². The number of aryl methyl sites for hydroxylation is 1. The molecule has 4 aromatic rings. The second kappa shape index (κ2) is 8.06. The van der Waals surface area contributed by atoms with Crippen LogP contribution < -0.4 is 10.0 Å². The van der Waals surface area contributed by atoms with Crippen LogP contribution in [0, 0.1) is 6.92 Å². The highest BCUT2D eigenvalue weighted by atomic mass is 35.5. The largest absolute Gasteiger partial charge is 0.298 e. The molecule has 30 heavy (non-hydrogen) atoms. The molecule has 0 unspecified atom stereocenters. The zero-order chi connectivity index (χ0) is 21.3. The van der Waals surface area contributed by atoms with E-state index in [1.807, 2.05) is 13.0 Å². The first kappa shape index (κ1) is 20.3. The van der Waals surface area contributed by atoms with Crippen LogP contribution in [0.1, 0.15) is 15.9 Å². The zero-order valence-corrected chi connectivity index (χ0v) is 18.1. The molecule has 152 valence electrons. The van der Waals surface area contributed by atoms with Crippen molar-refractivity contribution in [3.8, 4) is 0 Å². The molecule has 0 atom stereocenters. The SMILES string of the molecule is Cc1c(Cl)ccc2sc(NC(=O)c3ccc(NS(=O)(=O)c4ccccc4)cc3)nc12. The number of nitrogens with one attached hydrogen (secondary N) is 2. The summed E-state index contributed by atoms with van der Waals surface area (Å²) in [6.07, 6.45) is 0. The minimum absolute atomic E-state index is 0.165. The number of halogens is 1. The van der Waals surface area contributed by atoms with E-state index in [1.165, 1.54) is 35.6 Å². The third kappa shape index (κ3) is 4.16. The number of sulfonamides is 1. The summed E-state index contributed by atoms with van der Waals surface area (Å²) in [5.74, 6) is -0.338. The first-order valence-corrected chi connectivity index (χ1v) is 11.6. The first-order valence-electron chi connectivity index (χ1n) is 8.88. The fourth-order valence-corrected chi connectivity index (χ4v) is 4.98. The molecule has 0 saturated heterocycles. The number of anilines is 2. The number of hydrogen-bond acceptors (Lipinski definition) is 5. The van der Waals surface area contributed by atoms with Gasteiger partial charge in [-0.25, -0.2) is 13.4 Å². The molecule has 3 aromatic carbocycles. The number of nitrogens with zero attached hydrogens (tertiary/aromatic N) is 1. The summed E-state index contributed by atoms with van der Waals surface area (Å²) in [6, 6.07) is 17.9. The molecule has 1 heterocycles. The van der Waals surface area contributed by atoms with Crippen molar-refractivity contribution in [2.24, 2.45) is 0 Å². The van der Waals surface area contributed by atoms with Crippen LogP contribution in [-0.4, -0.2) is 19.3 Å². The van der Waals surface area contributed by atoms with Crippen LogP contribution >= 0.6 is 22.9 Å². The van der Waals surface area contributed by atoms with E-state index in [4.69, 9.17) is 11.6 Å². The predicted molar refractivity (Wildman–Crippen MR) is 121 cm³/mol. The number of carbonyl (C=O) groups is 1. The highest BCUT2D eigenvalue weighted by Crippen LogP contribution is 2.31. The number of amides is 1. The third-order valence-corrected chi connectivity index (χ3v) is 7.16. The topological polar surface area (TPSA) is 88.2 Å². The predicted octanol–water partition coefficient (Wildman–Crippen LogP) is 5.31. The van der Waals surface area contributed by atoms with Gasteiger partial charge in [0.2, 0.25) is 0 Å². The normalized spacial score (nSPS) is 11.4. The second-order valence-corrected chi connectivity index (χ2v) is 9.61. The van der Waals surface area contributed by atoms with E-state index in [9.17, 15) is 13.2 Å². The maximum Gasteiger partial charge on any atom is 0.261 e. The van der Waals surface area contributed by atoms with Crippen molar-refractivity contribution in [3.05, 3.63) is 82.9 Å². The van der Waals surface area contributed by atoms with Crippen molar-refractivity contribution in [1.82, 2.24) is 4.98 Å². The van der Waals surface area contributed by atoms with Crippen LogP contribution in [0.25, 0.3) is 10.2 Å². The molecule has 0 bridgehead atoms. The minimum atomic E-state index is -3.69. The lowest BCUT2D eigenvalue weighted by Gasteiger charge is -2.08. The Hall–Kier alpha value is -2.94. The molecule has 1 amide bonds. The van der Waals surface area contributed by atoms with E-state index in [2.05, 4.69) is 15.0 Å². The summed E-state index contributed by atoms with van der Waals surface area (Å²) in [6.45, 7) is 1.88. The highest BCUT2D eigenvalue weighted by Gasteiger charge is 2.15. The lowest BCUT2D eigenvalue weighted by atomic mass is 10.2. The van der Waals surface area contributed by atoms with E-state index in [-0.39, 0.29) is 10.8 Å². The maximum atomic E-state index is 12.6. The van der Waals surface area contributed by atoms with E-state index in [0.717, 1.165) is 15.8 Å². The summed E-state index contributed by atoms with van der Waals surface area (Å²) >= 11 is 7.49. The molecule has 0 aliphatic rings. The van der Waals surface area contributed by atoms with Crippen molar-refractivity contribution in [2.75, 3.05) is 10.0 Å². The number of thiazole rings is 1. The number of benzene rings is 3. The van der Waals surface area contributed by atoms with Gasteiger partial charge in [-0.3, -0.25) is 14.8 Å². The van der Waals surface area contributed by atoms with E-state index < -0.39 is 10.0 Å². The standard InChI is InChI=1S/C21H16ClN3O3S2/c1-13-17(22)11-12-18-19(13)23-21(29-18)24-20(26)14-7-9-15(10-8-14)25-30(27,28)16-5-3-2-4-6-16/h2-12,25H,1H3,(H,23,24,26). The molecule has 6 nitrogen and oxygen atoms in total. The molecule has 0 radical (unpaired) electrons. The Kier molecular flexibility index (Phi) is 5.46. The molecular weight excluding hydrogens is 442 g/mol. The van der Waals surface area contributed by atoms with Crippen LogP contribution in [0.3, 0.4) is 0 Å². The molecule has 1 aromatic heterocycles. The average Bonchev–Trinajstić information content (AvgIpc) is 3.15. The van der Waals surface area contributed by atoms with E-state index in [0.29, 0.717) is 21.4 Å². The molecule has 9 heteroatoms. The lowest BCUT2D eigenvalue weighted by Crippen LogP contribution is -2.14. The minimum Gasteiger partial charge on any atom is -0.298 e. The molecule has 4 rings (SSSR count). The molecule has 0 aliphatic heterocycles. The summed E-state index contributed by atoms with van der Waals surface area (Å²) in [7, 11) is -3.69. The fourth-order valence-electron chi connectivity index (χ4n) is 2.83. The fraction of sp³-hybridized carbons (Fsp3) is 0.0476. The molecule has 0 saturated carbocycles. The van der Waals surface area contributed by atoms with Gasteiger partial charge in [0.1, 0.15) is 0 Å². The van der Waals surface area contributed by atoms with Crippen molar-refractivity contribution in [2.45, 2.75) is 11.8 Å². The van der Waals surface area contributed by atoms with Crippen LogP contribution in [-0.2, 0) is 10.0 Å². The van der Waals surface area contributed by atoms with Gasteiger partial charge in [-0.15, -0.1) is 0 Å². The van der Waals surface area contributed by atoms with Gasteiger partial charge >= 0.3 is 0 Å². The number of rotatable bonds is 5. The van der Waals surface area contributed by atoms with E-state index >= 15 is 0 Å². The summed E-state index contributed by atoms with van der Waals surface area (Å²) in [5.41, 5.74) is 2.36.